The van der Waals surface area contributed by atoms with Crippen molar-refractivity contribution >= 4 is 0 Å². The third-order valence-corrected chi connectivity index (χ3v) is 4.22. The summed E-state index contributed by atoms with van der Waals surface area (Å²) in [6, 6.07) is 0. The van der Waals surface area contributed by atoms with Crippen molar-refractivity contribution in [1.29, 1.82) is 0 Å². The topological polar surface area (TPSA) is 58.7 Å². The standard InChI is InChI=1S/C13H26N2O2/c1-15(7-11-5-12(16)6-11)9-13(8-14)3-2-4-17-10-13/h11-12,16H,2-10,14H2,1H3. The average molecular weight is 242 g/mol. The van der Waals surface area contributed by atoms with E-state index in [4.69, 9.17) is 10.5 Å². The molecule has 17 heavy (non-hydrogen) atoms. The fourth-order valence-corrected chi connectivity index (χ4v) is 3.19. The van der Waals surface area contributed by atoms with Crippen molar-refractivity contribution < 1.29 is 9.84 Å². The fraction of sp³-hybridized carbons (Fsp3) is 1.00. The first-order valence-corrected chi connectivity index (χ1v) is 6.78. The van der Waals surface area contributed by atoms with Crippen molar-refractivity contribution in [2.45, 2.75) is 31.8 Å². The van der Waals surface area contributed by atoms with Crippen molar-refractivity contribution in [2.75, 3.05) is 39.9 Å². The first-order chi connectivity index (χ1) is 8.13. The Morgan fingerprint density at radius 3 is 2.76 bits per heavy atom. The van der Waals surface area contributed by atoms with Crippen LogP contribution in [-0.4, -0.2) is 56.0 Å². The van der Waals surface area contributed by atoms with E-state index < -0.39 is 0 Å². The van der Waals surface area contributed by atoms with Crippen LogP contribution < -0.4 is 5.73 Å². The van der Waals surface area contributed by atoms with Gasteiger partial charge in [-0.2, -0.15) is 0 Å². The van der Waals surface area contributed by atoms with Gasteiger partial charge in [-0.25, -0.2) is 0 Å². The van der Waals surface area contributed by atoms with Gasteiger partial charge in [-0.3, -0.25) is 0 Å². The number of hydrogen-bond donors (Lipinski definition) is 2. The monoisotopic (exact) mass is 242 g/mol. The molecule has 2 fully saturated rings. The van der Waals surface area contributed by atoms with E-state index in [1.54, 1.807) is 0 Å². The average Bonchev–Trinajstić information content (AvgIpc) is 2.28. The molecule has 1 saturated heterocycles. The fourth-order valence-electron chi connectivity index (χ4n) is 3.19. The van der Waals surface area contributed by atoms with Crippen LogP contribution in [0.2, 0.25) is 0 Å². The van der Waals surface area contributed by atoms with Gasteiger partial charge in [0.2, 0.25) is 0 Å². The maximum absolute atomic E-state index is 9.29. The molecule has 0 bridgehead atoms. The van der Waals surface area contributed by atoms with Crippen LogP contribution >= 0.6 is 0 Å². The molecule has 1 unspecified atom stereocenters. The lowest BCUT2D eigenvalue weighted by atomic mass is 9.80. The van der Waals surface area contributed by atoms with Crippen molar-refractivity contribution in [1.82, 2.24) is 4.90 Å². The van der Waals surface area contributed by atoms with E-state index in [1.165, 1.54) is 6.42 Å². The highest BCUT2D eigenvalue weighted by atomic mass is 16.5. The van der Waals surface area contributed by atoms with Crippen molar-refractivity contribution in [3.05, 3.63) is 0 Å². The van der Waals surface area contributed by atoms with E-state index in [1.807, 2.05) is 0 Å². The number of aliphatic hydroxyl groups is 1. The maximum atomic E-state index is 9.29. The number of aliphatic hydroxyl groups excluding tert-OH is 1. The van der Waals surface area contributed by atoms with Crippen LogP contribution in [-0.2, 0) is 4.74 Å². The highest BCUT2D eigenvalue weighted by Crippen LogP contribution is 2.31. The van der Waals surface area contributed by atoms with Gasteiger partial charge in [0, 0.05) is 31.7 Å². The quantitative estimate of drug-likeness (QED) is 0.735. The van der Waals surface area contributed by atoms with Crippen LogP contribution in [0.5, 0.6) is 0 Å². The summed E-state index contributed by atoms with van der Waals surface area (Å²) in [5.74, 6) is 0.675. The second-order valence-corrected chi connectivity index (χ2v) is 6.05. The van der Waals surface area contributed by atoms with Gasteiger partial charge >= 0.3 is 0 Å². The molecule has 0 radical (unpaired) electrons. The van der Waals surface area contributed by atoms with Gasteiger partial charge in [0.15, 0.2) is 0 Å². The molecule has 1 aliphatic heterocycles. The largest absolute Gasteiger partial charge is 0.393 e. The molecule has 3 N–H and O–H groups in total. The summed E-state index contributed by atoms with van der Waals surface area (Å²) in [7, 11) is 2.16. The van der Waals surface area contributed by atoms with Gasteiger partial charge in [0.25, 0.3) is 0 Å². The van der Waals surface area contributed by atoms with E-state index >= 15 is 0 Å². The summed E-state index contributed by atoms with van der Waals surface area (Å²) in [5.41, 5.74) is 6.10. The Morgan fingerprint density at radius 1 is 1.47 bits per heavy atom. The molecule has 1 heterocycles. The third-order valence-electron chi connectivity index (χ3n) is 4.22. The van der Waals surface area contributed by atoms with Crippen LogP contribution in [0.25, 0.3) is 0 Å². The molecule has 0 amide bonds. The molecule has 1 atom stereocenters. The van der Waals surface area contributed by atoms with Crippen LogP contribution in [0.4, 0.5) is 0 Å². The van der Waals surface area contributed by atoms with E-state index in [0.717, 1.165) is 45.6 Å². The van der Waals surface area contributed by atoms with Crippen molar-refractivity contribution in [2.24, 2.45) is 17.1 Å². The minimum Gasteiger partial charge on any atom is -0.393 e. The summed E-state index contributed by atoms with van der Waals surface area (Å²) < 4.78 is 5.59. The van der Waals surface area contributed by atoms with Gasteiger partial charge in [0.1, 0.15) is 0 Å². The molecule has 100 valence electrons. The summed E-state index contributed by atoms with van der Waals surface area (Å²) >= 11 is 0. The molecule has 4 nitrogen and oxygen atoms in total. The van der Waals surface area contributed by atoms with E-state index in [9.17, 15) is 5.11 Å². The van der Waals surface area contributed by atoms with Gasteiger partial charge in [0.05, 0.1) is 12.7 Å². The van der Waals surface area contributed by atoms with Crippen molar-refractivity contribution in [3.63, 3.8) is 0 Å². The summed E-state index contributed by atoms with van der Waals surface area (Å²) in [6.45, 7) is 4.51. The second kappa shape index (κ2) is 5.65. The Labute approximate surface area is 104 Å². The lowest BCUT2D eigenvalue weighted by Gasteiger charge is -2.41. The summed E-state index contributed by atoms with van der Waals surface area (Å²) in [5, 5.41) is 9.29. The minimum atomic E-state index is -0.0464. The molecule has 0 spiro atoms. The summed E-state index contributed by atoms with van der Waals surface area (Å²) in [4.78, 5) is 2.37. The van der Waals surface area contributed by atoms with Crippen LogP contribution in [0, 0.1) is 11.3 Å². The van der Waals surface area contributed by atoms with Crippen LogP contribution in [0.3, 0.4) is 0 Å². The van der Waals surface area contributed by atoms with E-state index in [0.29, 0.717) is 12.5 Å². The summed E-state index contributed by atoms with van der Waals surface area (Å²) in [6.07, 6.45) is 4.20. The zero-order chi connectivity index (χ0) is 12.3. The number of nitrogens with zero attached hydrogens (tertiary/aromatic N) is 1. The van der Waals surface area contributed by atoms with E-state index in [-0.39, 0.29) is 11.5 Å². The van der Waals surface area contributed by atoms with Gasteiger partial charge < -0.3 is 20.5 Å². The number of hydrogen-bond acceptors (Lipinski definition) is 4. The Kier molecular flexibility index (Phi) is 4.42. The van der Waals surface area contributed by atoms with Crippen molar-refractivity contribution in [3.8, 4) is 0 Å². The Morgan fingerprint density at radius 2 is 2.24 bits per heavy atom. The number of rotatable bonds is 5. The molecule has 4 heteroatoms. The molecular formula is C13H26N2O2. The predicted octanol–water partition coefficient (Wildman–Crippen LogP) is 0.445. The Hall–Kier alpha value is -0.160. The Bertz CT molecular complexity index is 236. The predicted molar refractivity (Wildman–Crippen MR) is 67.8 cm³/mol. The van der Waals surface area contributed by atoms with Gasteiger partial charge in [-0.15, -0.1) is 0 Å². The second-order valence-electron chi connectivity index (χ2n) is 6.05. The zero-order valence-corrected chi connectivity index (χ0v) is 10.9. The lowest BCUT2D eigenvalue weighted by Crippen LogP contribution is -2.48. The SMILES string of the molecule is CN(CC1CC(O)C1)CC1(CN)CCCOC1. The lowest BCUT2D eigenvalue weighted by molar-refractivity contribution is -0.0281. The minimum absolute atomic E-state index is 0.0464. The number of ether oxygens (including phenoxy) is 1. The first-order valence-electron chi connectivity index (χ1n) is 6.78. The number of nitrogens with two attached hydrogens (primary N) is 1. The highest BCUT2D eigenvalue weighted by molar-refractivity contribution is 4.87. The molecule has 0 aromatic heterocycles. The molecule has 0 aromatic rings. The molecular weight excluding hydrogens is 216 g/mol. The van der Waals surface area contributed by atoms with Gasteiger partial charge in [-0.05, 0) is 38.6 Å². The molecule has 0 aromatic carbocycles. The molecule has 1 saturated carbocycles. The third kappa shape index (κ3) is 3.41. The molecule has 2 rings (SSSR count). The zero-order valence-electron chi connectivity index (χ0n) is 10.9. The van der Waals surface area contributed by atoms with Gasteiger partial charge in [-0.1, -0.05) is 0 Å². The van der Waals surface area contributed by atoms with Crippen LogP contribution in [0.1, 0.15) is 25.7 Å². The first kappa shape index (κ1) is 13.3. The maximum Gasteiger partial charge on any atom is 0.0546 e. The smallest absolute Gasteiger partial charge is 0.0546 e. The Balaban J connectivity index is 1.77. The normalized spacial score (nSPS) is 38.1. The van der Waals surface area contributed by atoms with Crippen LogP contribution in [0.15, 0.2) is 0 Å². The molecule has 1 aliphatic carbocycles. The highest BCUT2D eigenvalue weighted by Gasteiger charge is 2.34. The van der Waals surface area contributed by atoms with E-state index in [2.05, 4.69) is 11.9 Å². The molecule has 2 aliphatic rings.